The molecule has 7 heteroatoms. The maximum absolute atomic E-state index is 12.3. The van der Waals surface area contributed by atoms with Crippen molar-refractivity contribution < 1.29 is 9.59 Å². The van der Waals surface area contributed by atoms with Gasteiger partial charge in [0.25, 0.3) is 5.56 Å². The molecule has 1 aromatic heterocycles. The summed E-state index contributed by atoms with van der Waals surface area (Å²) in [7, 11) is 0. The van der Waals surface area contributed by atoms with Crippen LogP contribution >= 0.6 is 0 Å². The molecule has 1 heterocycles. The van der Waals surface area contributed by atoms with Gasteiger partial charge in [-0.1, -0.05) is 36.4 Å². The van der Waals surface area contributed by atoms with Crippen LogP contribution in [0.3, 0.4) is 0 Å². The van der Waals surface area contributed by atoms with Gasteiger partial charge < -0.3 is 10.6 Å². The van der Waals surface area contributed by atoms with E-state index >= 15 is 0 Å². The van der Waals surface area contributed by atoms with Gasteiger partial charge in [-0.05, 0) is 24.3 Å². The number of aromatic nitrogens is 2. The maximum Gasteiger partial charge on any atom is 0.267 e. The molecule has 0 saturated heterocycles. The Morgan fingerprint density at radius 3 is 2.33 bits per heavy atom. The molecule has 27 heavy (non-hydrogen) atoms. The minimum absolute atomic E-state index is 0.202. The van der Waals surface area contributed by atoms with E-state index in [4.69, 9.17) is 0 Å². The molecule has 0 unspecified atom stereocenters. The van der Waals surface area contributed by atoms with Gasteiger partial charge in [-0.15, -0.1) is 0 Å². The van der Waals surface area contributed by atoms with Crippen molar-refractivity contribution in [1.29, 1.82) is 0 Å². The highest BCUT2D eigenvalue weighted by molar-refractivity contribution is 5.93. The van der Waals surface area contributed by atoms with Crippen LogP contribution in [0, 0.1) is 0 Å². The van der Waals surface area contributed by atoms with Crippen molar-refractivity contribution in [3.63, 3.8) is 0 Å². The first-order valence-electron chi connectivity index (χ1n) is 8.32. The third kappa shape index (κ3) is 4.88. The Bertz CT molecular complexity index is 1030. The molecule has 2 amide bonds. The molecule has 0 aliphatic heterocycles. The number of carbonyl (C=O) groups excluding carboxylic acids is 2. The normalized spacial score (nSPS) is 10.3. The topological polar surface area (TPSA) is 93.1 Å². The minimum Gasteiger partial charge on any atom is -0.326 e. The Morgan fingerprint density at radius 1 is 0.926 bits per heavy atom. The molecule has 2 aromatic carbocycles. The summed E-state index contributed by atoms with van der Waals surface area (Å²) in [5.41, 5.74) is 2.18. The molecule has 0 saturated carbocycles. The number of benzene rings is 2. The molecule has 0 bridgehead atoms. The van der Waals surface area contributed by atoms with Gasteiger partial charge in [-0.3, -0.25) is 14.4 Å². The van der Waals surface area contributed by atoms with Crippen molar-refractivity contribution in [3.05, 3.63) is 77.1 Å². The SMILES string of the molecule is CC(=O)Nc1cccc(NC(=O)Cn2nc(-c3ccccc3)ccc2=O)c1. The van der Waals surface area contributed by atoms with E-state index in [1.165, 1.54) is 13.0 Å². The summed E-state index contributed by atoms with van der Waals surface area (Å²) in [5.74, 6) is -0.596. The van der Waals surface area contributed by atoms with Crippen molar-refractivity contribution in [1.82, 2.24) is 9.78 Å². The molecule has 3 aromatic rings. The van der Waals surface area contributed by atoms with Gasteiger partial charge in [0.2, 0.25) is 11.8 Å². The van der Waals surface area contributed by atoms with Crippen LogP contribution in [0.25, 0.3) is 11.3 Å². The quantitative estimate of drug-likeness (QED) is 0.729. The van der Waals surface area contributed by atoms with Gasteiger partial charge in [-0.25, -0.2) is 4.68 Å². The molecule has 0 spiro atoms. The molecule has 0 aliphatic carbocycles. The summed E-state index contributed by atoms with van der Waals surface area (Å²) >= 11 is 0. The molecule has 2 N–H and O–H groups in total. The van der Waals surface area contributed by atoms with Crippen LogP contribution in [0.15, 0.2) is 71.5 Å². The molecule has 7 nitrogen and oxygen atoms in total. The highest BCUT2D eigenvalue weighted by Crippen LogP contribution is 2.16. The van der Waals surface area contributed by atoms with Crippen LogP contribution < -0.4 is 16.2 Å². The fraction of sp³-hybridized carbons (Fsp3) is 0.100. The maximum atomic E-state index is 12.3. The first-order valence-corrected chi connectivity index (χ1v) is 8.32. The van der Waals surface area contributed by atoms with Crippen molar-refractivity contribution in [2.75, 3.05) is 10.6 Å². The number of anilines is 2. The molecular formula is C20H18N4O3. The number of hydrogen-bond acceptors (Lipinski definition) is 4. The van der Waals surface area contributed by atoms with E-state index in [0.717, 1.165) is 10.2 Å². The van der Waals surface area contributed by atoms with Gasteiger partial charge in [-0.2, -0.15) is 5.10 Å². The Kier molecular flexibility index (Phi) is 5.41. The molecule has 0 aliphatic rings. The summed E-state index contributed by atoms with van der Waals surface area (Å²) in [6, 6.07) is 19.2. The van der Waals surface area contributed by atoms with E-state index < -0.39 is 5.91 Å². The summed E-state index contributed by atoms with van der Waals surface area (Å²) in [6.07, 6.45) is 0. The van der Waals surface area contributed by atoms with E-state index in [1.54, 1.807) is 30.3 Å². The predicted molar refractivity (Wildman–Crippen MR) is 103 cm³/mol. The molecular weight excluding hydrogens is 344 g/mol. The first kappa shape index (κ1) is 18.1. The zero-order valence-electron chi connectivity index (χ0n) is 14.7. The average Bonchev–Trinajstić information content (AvgIpc) is 2.64. The van der Waals surface area contributed by atoms with Gasteiger partial charge in [0.1, 0.15) is 6.54 Å². The van der Waals surface area contributed by atoms with E-state index in [0.29, 0.717) is 17.1 Å². The molecule has 0 radical (unpaired) electrons. The smallest absolute Gasteiger partial charge is 0.267 e. The highest BCUT2D eigenvalue weighted by atomic mass is 16.2. The molecule has 136 valence electrons. The second kappa shape index (κ2) is 8.09. The number of carbonyl (C=O) groups is 2. The standard InChI is InChI=1S/C20H18N4O3/c1-14(25)21-16-8-5-9-17(12-16)22-19(26)13-24-20(27)11-10-18(23-24)15-6-3-2-4-7-15/h2-12H,13H2,1H3,(H,21,25)(H,22,26). The van der Waals surface area contributed by atoms with E-state index in [-0.39, 0.29) is 18.0 Å². The first-order chi connectivity index (χ1) is 13.0. The third-order valence-electron chi connectivity index (χ3n) is 3.70. The van der Waals surface area contributed by atoms with E-state index in [1.807, 2.05) is 30.3 Å². The Labute approximate surface area is 155 Å². The zero-order valence-corrected chi connectivity index (χ0v) is 14.7. The van der Waals surface area contributed by atoms with Gasteiger partial charge in [0.15, 0.2) is 0 Å². The second-order valence-corrected chi connectivity index (χ2v) is 5.89. The second-order valence-electron chi connectivity index (χ2n) is 5.89. The Hall–Kier alpha value is -3.74. The lowest BCUT2D eigenvalue weighted by Gasteiger charge is -2.09. The van der Waals surface area contributed by atoms with Crippen LogP contribution in [0.5, 0.6) is 0 Å². The number of hydrogen-bond donors (Lipinski definition) is 2. The van der Waals surface area contributed by atoms with Gasteiger partial charge in [0, 0.05) is 29.9 Å². The highest BCUT2D eigenvalue weighted by Gasteiger charge is 2.09. The van der Waals surface area contributed by atoms with Crippen molar-refractivity contribution in [3.8, 4) is 11.3 Å². The largest absolute Gasteiger partial charge is 0.326 e. The van der Waals surface area contributed by atoms with Gasteiger partial charge >= 0.3 is 0 Å². The number of rotatable bonds is 5. The van der Waals surface area contributed by atoms with Crippen molar-refractivity contribution in [2.45, 2.75) is 13.5 Å². The van der Waals surface area contributed by atoms with E-state index in [2.05, 4.69) is 15.7 Å². The molecule has 0 fully saturated rings. The summed E-state index contributed by atoms with van der Waals surface area (Å²) < 4.78 is 1.12. The predicted octanol–water partition coefficient (Wildman–Crippen LogP) is 2.51. The Balaban J connectivity index is 1.74. The summed E-state index contributed by atoms with van der Waals surface area (Å²) in [6.45, 7) is 1.19. The lowest BCUT2D eigenvalue weighted by Crippen LogP contribution is -2.29. The van der Waals surface area contributed by atoms with E-state index in [9.17, 15) is 14.4 Å². The van der Waals surface area contributed by atoms with Crippen LogP contribution in [0.2, 0.25) is 0 Å². The zero-order chi connectivity index (χ0) is 19.2. The summed E-state index contributed by atoms with van der Waals surface area (Å²) in [5, 5.41) is 9.61. The Morgan fingerprint density at radius 2 is 1.63 bits per heavy atom. The molecule has 3 rings (SSSR count). The van der Waals surface area contributed by atoms with Crippen molar-refractivity contribution in [2.24, 2.45) is 0 Å². The lowest BCUT2D eigenvalue weighted by molar-refractivity contribution is -0.117. The average molecular weight is 362 g/mol. The number of nitrogens with zero attached hydrogens (tertiary/aromatic N) is 2. The van der Waals surface area contributed by atoms with Crippen LogP contribution in [-0.2, 0) is 16.1 Å². The molecule has 0 atom stereocenters. The van der Waals surface area contributed by atoms with Crippen LogP contribution in [0.1, 0.15) is 6.92 Å². The minimum atomic E-state index is -0.394. The fourth-order valence-corrected chi connectivity index (χ4v) is 2.54. The number of amides is 2. The van der Waals surface area contributed by atoms with Gasteiger partial charge in [0.05, 0.1) is 5.69 Å². The van der Waals surface area contributed by atoms with Crippen molar-refractivity contribution >= 4 is 23.2 Å². The number of nitrogens with one attached hydrogen (secondary N) is 2. The third-order valence-corrected chi connectivity index (χ3v) is 3.70. The lowest BCUT2D eigenvalue weighted by atomic mass is 10.1. The monoisotopic (exact) mass is 362 g/mol. The summed E-state index contributed by atoms with van der Waals surface area (Å²) in [4.78, 5) is 35.5. The fourth-order valence-electron chi connectivity index (χ4n) is 2.54. The van der Waals surface area contributed by atoms with Crippen LogP contribution in [-0.4, -0.2) is 21.6 Å². The van der Waals surface area contributed by atoms with Crippen LogP contribution in [0.4, 0.5) is 11.4 Å².